The maximum Gasteiger partial charge on any atom is 0.238 e. The van der Waals surface area contributed by atoms with Crippen molar-refractivity contribution in [2.75, 3.05) is 11.1 Å². The van der Waals surface area contributed by atoms with Crippen molar-refractivity contribution >= 4 is 33.4 Å². The first-order valence-corrected chi connectivity index (χ1v) is 12.7. The van der Waals surface area contributed by atoms with Crippen LogP contribution < -0.4 is 10.5 Å². The number of anilines is 1. The second-order valence-corrected chi connectivity index (χ2v) is 9.94. The number of primary sulfonamides is 1. The van der Waals surface area contributed by atoms with Crippen molar-refractivity contribution in [1.29, 1.82) is 0 Å². The number of hydrogen-bond acceptors (Lipinski definition) is 7. The first kappa shape index (κ1) is 23.9. The lowest BCUT2D eigenvalue weighted by molar-refractivity contribution is -0.113. The van der Waals surface area contributed by atoms with Gasteiger partial charge in [-0.3, -0.25) is 4.79 Å². The minimum atomic E-state index is -3.88. The summed E-state index contributed by atoms with van der Waals surface area (Å²) in [5.74, 6) is -0.263. The zero-order valence-corrected chi connectivity index (χ0v) is 19.8. The van der Waals surface area contributed by atoms with E-state index in [1.165, 1.54) is 29.5 Å². The fourth-order valence-electron chi connectivity index (χ4n) is 3.05. The second-order valence-electron chi connectivity index (χ2n) is 7.44. The summed E-state index contributed by atoms with van der Waals surface area (Å²) in [5, 5.41) is 20.2. The Labute approximate surface area is 191 Å². The molecule has 9 nitrogen and oxygen atoms in total. The average Bonchev–Trinajstić information content (AvgIpc) is 3.22. The lowest BCUT2D eigenvalue weighted by Gasteiger charge is -2.12. The summed E-state index contributed by atoms with van der Waals surface area (Å²) in [4.78, 5) is 12.5. The summed E-state index contributed by atoms with van der Waals surface area (Å²) in [6, 6.07) is 10.9. The van der Waals surface area contributed by atoms with Crippen LogP contribution in [0.2, 0.25) is 0 Å². The van der Waals surface area contributed by atoms with Gasteiger partial charge in [-0.15, -0.1) is 5.10 Å². The molecule has 170 valence electrons. The molecular weight excluding hydrogens is 448 g/mol. The standard InChI is InChI=1S/C21H26N6O3S2/c1-4-5-6-16-7-9-17(10-8-16)27-21(24-25-26-27)31-13-20(28)23-19-12-18(32(22,29)30)11-14(2)15(19)3/h7-12H,4-6,13H2,1-3H3,(H,23,28)(H2,22,29,30). The highest BCUT2D eigenvalue weighted by Gasteiger charge is 2.16. The van der Waals surface area contributed by atoms with E-state index in [0.29, 0.717) is 16.4 Å². The third-order valence-electron chi connectivity index (χ3n) is 5.02. The summed E-state index contributed by atoms with van der Waals surface area (Å²) in [6.07, 6.45) is 3.31. The van der Waals surface area contributed by atoms with E-state index in [0.717, 1.165) is 30.5 Å². The Hall–Kier alpha value is -2.76. The molecule has 0 spiro atoms. The first-order valence-electron chi connectivity index (χ1n) is 10.1. The highest BCUT2D eigenvalue weighted by molar-refractivity contribution is 7.99. The molecule has 0 saturated carbocycles. The highest BCUT2D eigenvalue weighted by Crippen LogP contribution is 2.24. The molecule has 3 N–H and O–H groups in total. The molecule has 0 radical (unpaired) electrons. The van der Waals surface area contributed by atoms with Crippen LogP contribution in [-0.2, 0) is 21.2 Å². The number of rotatable bonds is 9. The predicted octanol–water partition coefficient (Wildman–Crippen LogP) is 3.00. The maximum atomic E-state index is 12.5. The van der Waals surface area contributed by atoms with Crippen LogP contribution in [0.15, 0.2) is 46.5 Å². The van der Waals surface area contributed by atoms with E-state index in [-0.39, 0.29) is 16.6 Å². The molecule has 0 aliphatic rings. The molecule has 1 heterocycles. The van der Waals surface area contributed by atoms with Crippen LogP contribution in [0.5, 0.6) is 0 Å². The molecule has 0 aliphatic carbocycles. The van der Waals surface area contributed by atoms with Crippen LogP contribution in [0.4, 0.5) is 5.69 Å². The molecular formula is C21H26N6O3S2. The number of sulfonamides is 1. The molecule has 1 amide bonds. The Morgan fingerprint density at radius 2 is 1.91 bits per heavy atom. The lowest BCUT2D eigenvalue weighted by Crippen LogP contribution is -2.18. The molecule has 0 unspecified atom stereocenters. The summed E-state index contributed by atoms with van der Waals surface area (Å²) >= 11 is 1.19. The number of benzene rings is 2. The zero-order chi connectivity index (χ0) is 23.3. The minimum Gasteiger partial charge on any atom is -0.325 e. The normalized spacial score (nSPS) is 11.5. The first-order chi connectivity index (χ1) is 15.2. The number of aryl methyl sites for hydroxylation is 2. The van der Waals surface area contributed by atoms with E-state index in [4.69, 9.17) is 5.14 Å². The molecule has 0 atom stereocenters. The van der Waals surface area contributed by atoms with Crippen LogP contribution in [-0.4, -0.2) is 40.3 Å². The molecule has 0 aliphatic heterocycles. The van der Waals surface area contributed by atoms with Gasteiger partial charge in [0.1, 0.15) is 0 Å². The number of carbonyl (C=O) groups excluding carboxylic acids is 1. The SMILES string of the molecule is CCCCc1ccc(-n2nnnc2SCC(=O)Nc2cc(S(N)(=O)=O)cc(C)c2C)cc1. The van der Waals surface area contributed by atoms with Crippen molar-refractivity contribution in [3.63, 3.8) is 0 Å². The fourth-order valence-corrected chi connectivity index (χ4v) is 4.37. The smallest absolute Gasteiger partial charge is 0.238 e. The van der Waals surface area contributed by atoms with Crippen LogP contribution in [0.3, 0.4) is 0 Å². The third kappa shape index (κ3) is 5.93. The van der Waals surface area contributed by atoms with E-state index < -0.39 is 10.0 Å². The number of nitrogens with one attached hydrogen (secondary N) is 1. The van der Waals surface area contributed by atoms with Gasteiger partial charge in [-0.1, -0.05) is 37.2 Å². The number of tetrazole rings is 1. The van der Waals surface area contributed by atoms with Gasteiger partial charge in [0, 0.05) is 5.69 Å². The predicted molar refractivity (Wildman–Crippen MR) is 124 cm³/mol. The summed E-state index contributed by atoms with van der Waals surface area (Å²) < 4.78 is 25.0. The van der Waals surface area contributed by atoms with Gasteiger partial charge >= 0.3 is 0 Å². The third-order valence-corrected chi connectivity index (χ3v) is 6.83. The van der Waals surface area contributed by atoms with Crippen molar-refractivity contribution in [2.45, 2.75) is 50.1 Å². The largest absolute Gasteiger partial charge is 0.325 e. The van der Waals surface area contributed by atoms with Gasteiger partial charge in [0.05, 0.1) is 16.3 Å². The Kier molecular flexibility index (Phi) is 7.64. The van der Waals surface area contributed by atoms with Crippen LogP contribution in [0.25, 0.3) is 5.69 Å². The van der Waals surface area contributed by atoms with Gasteiger partial charge in [-0.2, -0.15) is 4.68 Å². The van der Waals surface area contributed by atoms with Gasteiger partial charge in [-0.25, -0.2) is 13.6 Å². The van der Waals surface area contributed by atoms with Gasteiger partial charge in [0.2, 0.25) is 21.1 Å². The van der Waals surface area contributed by atoms with Gasteiger partial charge in [0.15, 0.2) is 0 Å². The number of nitrogens with two attached hydrogens (primary N) is 1. The Bertz CT molecular complexity index is 1210. The number of unbranched alkanes of at least 4 members (excludes halogenated alkanes) is 1. The zero-order valence-electron chi connectivity index (χ0n) is 18.2. The number of nitrogens with zero attached hydrogens (tertiary/aromatic N) is 4. The molecule has 11 heteroatoms. The summed E-state index contributed by atoms with van der Waals surface area (Å²) in [6.45, 7) is 5.72. The maximum absolute atomic E-state index is 12.5. The number of amides is 1. The van der Waals surface area contributed by atoms with Crippen molar-refractivity contribution in [3.05, 3.63) is 53.1 Å². The monoisotopic (exact) mass is 474 g/mol. The Morgan fingerprint density at radius 3 is 2.56 bits per heavy atom. The minimum absolute atomic E-state index is 0.0464. The van der Waals surface area contributed by atoms with E-state index in [1.807, 2.05) is 12.1 Å². The highest BCUT2D eigenvalue weighted by atomic mass is 32.2. The molecule has 32 heavy (non-hydrogen) atoms. The van der Waals surface area contributed by atoms with Crippen LogP contribution in [0.1, 0.15) is 36.5 Å². The van der Waals surface area contributed by atoms with Crippen molar-refractivity contribution in [3.8, 4) is 5.69 Å². The molecule has 2 aromatic carbocycles. The molecule has 1 aromatic heterocycles. The van der Waals surface area contributed by atoms with Crippen molar-refractivity contribution < 1.29 is 13.2 Å². The molecule has 3 aromatic rings. The number of carbonyl (C=O) groups is 1. The van der Waals surface area contributed by atoms with E-state index >= 15 is 0 Å². The summed E-state index contributed by atoms with van der Waals surface area (Å²) in [5.41, 5.74) is 3.95. The van der Waals surface area contributed by atoms with Gasteiger partial charge < -0.3 is 5.32 Å². The van der Waals surface area contributed by atoms with E-state index in [2.05, 4.69) is 39.9 Å². The Balaban J connectivity index is 1.68. The fraction of sp³-hybridized carbons (Fsp3) is 0.333. The van der Waals surface area contributed by atoms with Crippen molar-refractivity contribution in [2.24, 2.45) is 5.14 Å². The van der Waals surface area contributed by atoms with E-state index in [9.17, 15) is 13.2 Å². The molecule has 0 saturated heterocycles. The van der Waals surface area contributed by atoms with Crippen LogP contribution >= 0.6 is 11.8 Å². The quantitative estimate of drug-likeness (QED) is 0.455. The number of aromatic nitrogens is 4. The topological polar surface area (TPSA) is 133 Å². The van der Waals surface area contributed by atoms with Crippen LogP contribution in [0, 0.1) is 13.8 Å². The van der Waals surface area contributed by atoms with Gasteiger partial charge in [-0.05, 0) is 78.1 Å². The summed E-state index contributed by atoms with van der Waals surface area (Å²) in [7, 11) is -3.88. The van der Waals surface area contributed by atoms with Crippen molar-refractivity contribution in [1.82, 2.24) is 20.2 Å². The number of thioether (sulfide) groups is 1. The van der Waals surface area contributed by atoms with Gasteiger partial charge in [0.25, 0.3) is 0 Å². The van der Waals surface area contributed by atoms with E-state index in [1.54, 1.807) is 18.5 Å². The second kappa shape index (κ2) is 10.2. The number of hydrogen-bond donors (Lipinski definition) is 2. The lowest BCUT2D eigenvalue weighted by atomic mass is 10.1. The molecule has 3 rings (SSSR count). The molecule has 0 fully saturated rings. The average molecular weight is 475 g/mol. The Morgan fingerprint density at radius 1 is 1.19 bits per heavy atom. The molecule has 0 bridgehead atoms.